The number of nitrogens with zero attached hydrogens (tertiary/aromatic N) is 2. The summed E-state index contributed by atoms with van der Waals surface area (Å²) in [6, 6.07) is 4.25. The molecule has 1 aromatic carbocycles. The van der Waals surface area contributed by atoms with Gasteiger partial charge in [-0.2, -0.15) is 0 Å². The first-order valence-corrected chi connectivity index (χ1v) is 6.17. The Kier molecular flexibility index (Phi) is 4.29. The molecular weight excluding hydrogens is 269 g/mol. The minimum absolute atomic E-state index is 0.0390. The summed E-state index contributed by atoms with van der Waals surface area (Å²) >= 11 is 5.66. The van der Waals surface area contributed by atoms with Crippen LogP contribution in [0.25, 0.3) is 0 Å². The molecule has 2 N–H and O–H groups in total. The van der Waals surface area contributed by atoms with Gasteiger partial charge >= 0.3 is 0 Å². The third kappa shape index (κ3) is 3.39. The second-order valence-corrected chi connectivity index (χ2v) is 4.56. The number of aromatic nitrogens is 2. The number of carbonyl (C=O) groups is 1. The van der Waals surface area contributed by atoms with Gasteiger partial charge in [-0.1, -0.05) is 17.7 Å². The van der Waals surface area contributed by atoms with Crippen LogP contribution in [0.1, 0.15) is 16.1 Å². The highest BCUT2D eigenvalue weighted by atomic mass is 35.5. The highest BCUT2D eigenvalue weighted by Crippen LogP contribution is 2.16. The van der Waals surface area contributed by atoms with Gasteiger partial charge in [0.2, 0.25) is 0 Å². The third-order valence-corrected chi connectivity index (χ3v) is 2.91. The molecule has 2 rings (SSSR count). The van der Waals surface area contributed by atoms with E-state index in [1.165, 1.54) is 18.5 Å². The molecule has 0 aliphatic heterocycles. The summed E-state index contributed by atoms with van der Waals surface area (Å²) in [5.74, 6) is -0.723. The Morgan fingerprint density at radius 1 is 1.47 bits per heavy atom. The topological polar surface area (TPSA) is 60.9 Å². The Balaban J connectivity index is 2.11. The zero-order chi connectivity index (χ0) is 13.8. The van der Waals surface area contributed by atoms with E-state index in [0.717, 1.165) is 0 Å². The standard InChI is InChI=1S/C13H13ClFN3O/c14-10-2-1-9(11(15)6-10)5-13(19)12-7-18(4-3-16)8-17-12/h1-2,6-8H,3-5,16H2. The van der Waals surface area contributed by atoms with Crippen molar-refractivity contribution in [1.29, 1.82) is 0 Å². The highest BCUT2D eigenvalue weighted by Gasteiger charge is 2.13. The molecule has 0 unspecified atom stereocenters. The predicted molar refractivity (Wildman–Crippen MR) is 70.7 cm³/mol. The second-order valence-electron chi connectivity index (χ2n) is 4.12. The Labute approximate surface area is 115 Å². The average Bonchev–Trinajstić information content (AvgIpc) is 2.82. The largest absolute Gasteiger partial charge is 0.335 e. The molecule has 2 aromatic rings. The molecule has 0 aliphatic carbocycles. The summed E-state index contributed by atoms with van der Waals surface area (Å²) in [6.07, 6.45) is 3.12. The number of carbonyl (C=O) groups excluding carboxylic acids is 1. The summed E-state index contributed by atoms with van der Waals surface area (Å²) in [7, 11) is 0. The fraction of sp³-hybridized carbons (Fsp3) is 0.231. The SMILES string of the molecule is NCCn1cnc(C(=O)Cc2ccc(Cl)cc2F)c1. The maximum absolute atomic E-state index is 13.6. The molecule has 0 aliphatic rings. The molecule has 0 radical (unpaired) electrons. The van der Waals surface area contributed by atoms with Crippen molar-refractivity contribution in [2.75, 3.05) is 6.54 Å². The second kappa shape index (κ2) is 5.95. The van der Waals surface area contributed by atoms with Crippen LogP contribution < -0.4 is 5.73 Å². The smallest absolute Gasteiger partial charge is 0.187 e. The van der Waals surface area contributed by atoms with Crippen LogP contribution in [0.3, 0.4) is 0 Å². The first kappa shape index (κ1) is 13.7. The molecule has 6 heteroatoms. The van der Waals surface area contributed by atoms with Crippen LogP contribution in [0, 0.1) is 5.82 Å². The first-order chi connectivity index (χ1) is 9.10. The van der Waals surface area contributed by atoms with Crippen molar-refractivity contribution in [3.63, 3.8) is 0 Å². The van der Waals surface area contributed by atoms with Crippen LogP contribution in [0.4, 0.5) is 4.39 Å². The average molecular weight is 282 g/mol. The van der Waals surface area contributed by atoms with Crippen molar-refractivity contribution < 1.29 is 9.18 Å². The van der Waals surface area contributed by atoms with E-state index in [0.29, 0.717) is 29.4 Å². The summed E-state index contributed by atoms with van der Waals surface area (Å²) in [6.45, 7) is 1.06. The van der Waals surface area contributed by atoms with Gasteiger partial charge < -0.3 is 10.3 Å². The quantitative estimate of drug-likeness (QED) is 0.854. The number of rotatable bonds is 5. The van der Waals surface area contributed by atoms with E-state index in [2.05, 4.69) is 4.98 Å². The van der Waals surface area contributed by atoms with E-state index in [-0.39, 0.29) is 12.2 Å². The van der Waals surface area contributed by atoms with Gasteiger partial charge in [0.1, 0.15) is 11.5 Å². The zero-order valence-electron chi connectivity index (χ0n) is 10.1. The number of Topliss-reactive ketones (excluding diaryl/α,β-unsaturated/α-hetero) is 1. The zero-order valence-corrected chi connectivity index (χ0v) is 10.9. The van der Waals surface area contributed by atoms with Gasteiger partial charge in [0.15, 0.2) is 5.78 Å². The van der Waals surface area contributed by atoms with E-state index in [9.17, 15) is 9.18 Å². The van der Waals surface area contributed by atoms with Gasteiger partial charge in [-0.3, -0.25) is 4.79 Å². The Morgan fingerprint density at radius 2 is 2.26 bits per heavy atom. The van der Waals surface area contributed by atoms with Crippen molar-refractivity contribution in [2.24, 2.45) is 5.73 Å². The van der Waals surface area contributed by atoms with Crippen molar-refractivity contribution in [1.82, 2.24) is 9.55 Å². The number of hydrogen-bond acceptors (Lipinski definition) is 3. The van der Waals surface area contributed by atoms with Gasteiger partial charge in [0.25, 0.3) is 0 Å². The first-order valence-electron chi connectivity index (χ1n) is 5.79. The molecule has 19 heavy (non-hydrogen) atoms. The molecule has 0 fully saturated rings. The summed E-state index contributed by atoms with van der Waals surface area (Å²) in [5.41, 5.74) is 6.02. The molecule has 0 spiro atoms. The van der Waals surface area contributed by atoms with Gasteiger partial charge in [-0.25, -0.2) is 9.37 Å². The van der Waals surface area contributed by atoms with Crippen molar-refractivity contribution in [3.05, 3.63) is 52.8 Å². The van der Waals surface area contributed by atoms with Gasteiger partial charge in [0.05, 0.1) is 6.33 Å². The summed E-state index contributed by atoms with van der Waals surface area (Å²) in [4.78, 5) is 15.9. The van der Waals surface area contributed by atoms with Crippen molar-refractivity contribution >= 4 is 17.4 Å². The lowest BCUT2D eigenvalue weighted by molar-refractivity contribution is 0.0987. The number of halogens is 2. The number of hydrogen-bond donors (Lipinski definition) is 1. The molecule has 0 saturated carbocycles. The van der Waals surface area contributed by atoms with Crippen LogP contribution in [0.5, 0.6) is 0 Å². The Morgan fingerprint density at radius 3 is 2.95 bits per heavy atom. The van der Waals surface area contributed by atoms with Crippen LogP contribution in [0.15, 0.2) is 30.7 Å². The minimum Gasteiger partial charge on any atom is -0.335 e. The number of benzene rings is 1. The molecule has 1 heterocycles. The van der Waals surface area contributed by atoms with E-state index < -0.39 is 5.82 Å². The monoisotopic (exact) mass is 281 g/mol. The molecule has 4 nitrogen and oxygen atoms in total. The van der Waals surface area contributed by atoms with Crippen LogP contribution in [0.2, 0.25) is 5.02 Å². The number of imidazole rings is 1. The number of nitrogens with two attached hydrogens (primary N) is 1. The Hall–Kier alpha value is -1.72. The highest BCUT2D eigenvalue weighted by molar-refractivity contribution is 6.30. The van der Waals surface area contributed by atoms with Crippen molar-refractivity contribution in [2.45, 2.75) is 13.0 Å². The van der Waals surface area contributed by atoms with Gasteiger partial charge in [-0.15, -0.1) is 0 Å². The van der Waals surface area contributed by atoms with E-state index in [1.807, 2.05) is 0 Å². The van der Waals surface area contributed by atoms with Gasteiger partial charge in [0, 0.05) is 30.7 Å². The molecule has 0 amide bonds. The fourth-order valence-corrected chi connectivity index (χ4v) is 1.86. The minimum atomic E-state index is -0.484. The van der Waals surface area contributed by atoms with Crippen LogP contribution >= 0.6 is 11.6 Å². The molecule has 0 saturated heterocycles. The molecule has 100 valence electrons. The summed E-state index contributed by atoms with van der Waals surface area (Å²) < 4.78 is 15.3. The molecule has 0 bridgehead atoms. The molecular formula is C13H13ClFN3O. The van der Waals surface area contributed by atoms with Crippen LogP contribution in [-0.4, -0.2) is 21.9 Å². The van der Waals surface area contributed by atoms with Gasteiger partial charge in [-0.05, 0) is 17.7 Å². The summed E-state index contributed by atoms with van der Waals surface area (Å²) in [5, 5.41) is 0.306. The Bertz CT molecular complexity index is 597. The normalized spacial score (nSPS) is 10.7. The molecule has 1 aromatic heterocycles. The third-order valence-electron chi connectivity index (χ3n) is 2.67. The molecule has 0 atom stereocenters. The van der Waals surface area contributed by atoms with Crippen LogP contribution in [-0.2, 0) is 13.0 Å². The number of ketones is 1. The maximum Gasteiger partial charge on any atom is 0.187 e. The van der Waals surface area contributed by atoms with Crippen molar-refractivity contribution in [3.8, 4) is 0 Å². The fourth-order valence-electron chi connectivity index (χ4n) is 1.70. The lowest BCUT2D eigenvalue weighted by Crippen LogP contribution is -2.08. The maximum atomic E-state index is 13.6. The van der Waals surface area contributed by atoms with E-state index >= 15 is 0 Å². The van der Waals surface area contributed by atoms with E-state index in [4.69, 9.17) is 17.3 Å². The lowest BCUT2D eigenvalue weighted by Gasteiger charge is -2.01. The predicted octanol–water partition coefficient (Wildman–Crippen LogP) is 2.06. The lowest BCUT2D eigenvalue weighted by atomic mass is 10.1. The van der Waals surface area contributed by atoms with E-state index in [1.54, 1.807) is 16.8 Å².